The number of nitrogens with one attached hydrogen (secondary N) is 1. The molecule has 0 aromatic heterocycles. The summed E-state index contributed by atoms with van der Waals surface area (Å²) in [6, 6.07) is 2.22. The maximum Gasteiger partial charge on any atom is 0.307 e. The van der Waals surface area contributed by atoms with Crippen LogP contribution < -0.4 is 14.8 Å². The first-order valence-electron chi connectivity index (χ1n) is 6.48. The van der Waals surface area contributed by atoms with Gasteiger partial charge in [0.25, 0.3) is 6.43 Å². The maximum absolute atomic E-state index is 13.0. The van der Waals surface area contributed by atoms with Crippen LogP contribution in [0, 0.1) is 5.92 Å². The van der Waals surface area contributed by atoms with Crippen molar-refractivity contribution in [2.45, 2.75) is 18.9 Å². The number of carbonyl (C=O) groups is 1. The summed E-state index contributed by atoms with van der Waals surface area (Å²) >= 11 is 0. The van der Waals surface area contributed by atoms with Crippen LogP contribution >= 0.6 is 0 Å². The van der Waals surface area contributed by atoms with Crippen molar-refractivity contribution in [3.8, 4) is 11.5 Å². The van der Waals surface area contributed by atoms with Crippen molar-refractivity contribution in [1.29, 1.82) is 0 Å². The Morgan fingerprint density at radius 3 is 2.57 bits per heavy atom. The van der Waals surface area contributed by atoms with E-state index in [0.717, 1.165) is 0 Å². The van der Waals surface area contributed by atoms with Crippen LogP contribution in [0.3, 0.4) is 0 Å². The molecule has 1 aliphatic rings. The molecule has 2 N–H and O–H groups in total. The fourth-order valence-electron chi connectivity index (χ4n) is 2.56. The summed E-state index contributed by atoms with van der Waals surface area (Å²) < 4.78 is 36.3. The summed E-state index contributed by atoms with van der Waals surface area (Å²) in [4.78, 5) is 11.0. The van der Waals surface area contributed by atoms with Gasteiger partial charge in [-0.25, -0.2) is 8.78 Å². The zero-order valence-electron chi connectivity index (χ0n) is 11.7. The van der Waals surface area contributed by atoms with Gasteiger partial charge in [0.2, 0.25) is 0 Å². The first-order chi connectivity index (χ1) is 9.97. The van der Waals surface area contributed by atoms with Crippen molar-refractivity contribution in [3.05, 3.63) is 23.3 Å². The van der Waals surface area contributed by atoms with E-state index in [9.17, 15) is 13.6 Å². The monoisotopic (exact) mass is 301 g/mol. The number of hydrogen-bond acceptors (Lipinski definition) is 4. The summed E-state index contributed by atoms with van der Waals surface area (Å²) in [6.45, 7) is 0.296. The zero-order valence-corrected chi connectivity index (χ0v) is 11.7. The molecule has 0 saturated carbocycles. The number of benzene rings is 1. The first-order valence-corrected chi connectivity index (χ1v) is 6.48. The van der Waals surface area contributed by atoms with Gasteiger partial charge in [0.05, 0.1) is 20.1 Å². The molecule has 1 saturated heterocycles. The number of carboxylic acid groups (broad SMARTS) is 1. The molecule has 1 fully saturated rings. The molecular formula is C14H17F2NO4. The molecule has 0 spiro atoms. The van der Waals surface area contributed by atoms with Crippen LogP contribution in [0.5, 0.6) is 11.5 Å². The molecule has 1 heterocycles. The maximum atomic E-state index is 13.0. The van der Waals surface area contributed by atoms with Gasteiger partial charge >= 0.3 is 5.97 Å². The number of methoxy groups -OCH3 is 2. The quantitative estimate of drug-likeness (QED) is 0.874. The van der Waals surface area contributed by atoms with Gasteiger partial charge in [0, 0.05) is 23.7 Å². The van der Waals surface area contributed by atoms with E-state index in [2.05, 4.69) is 5.32 Å². The fraction of sp³-hybridized carbons (Fsp3) is 0.500. The average Bonchev–Trinajstić information content (AvgIpc) is 2.95. The van der Waals surface area contributed by atoms with E-state index < -0.39 is 18.3 Å². The van der Waals surface area contributed by atoms with Gasteiger partial charge in [-0.2, -0.15) is 0 Å². The van der Waals surface area contributed by atoms with Crippen molar-refractivity contribution < 1.29 is 28.2 Å². The van der Waals surface area contributed by atoms with E-state index in [1.165, 1.54) is 26.4 Å². The molecule has 2 rings (SSSR count). The lowest BCUT2D eigenvalue weighted by Crippen LogP contribution is -2.17. The molecule has 116 valence electrons. The largest absolute Gasteiger partial charge is 0.493 e. The topological polar surface area (TPSA) is 67.8 Å². The third kappa shape index (κ3) is 3.07. The molecule has 0 aliphatic carbocycles. The minimum atomic E-state index is -2.64. The smallest absolute Gasteiger partial charge is 0.307 e. The summed E-state index contributed by atoms with van der Waals surface area (Å²) in [7, 11) is 2.80. The minimum absolute atomic E-state index is 0.178. The predicted molar refractivity (Wildman–Crippen MR) is 71.0 cm³/mol. The number of aliphatic carboxylic acids is 1. The minimum Gasteiger partial charge on any atom is -0.493 e. The Morgan fingerprint density at radius 1 is 1.38 bits per heavy atom. The second-order valence-electron chi connectivity index (χ2n) is 4.88. The van der Waals surface area contributed by atoms with E-state index in [1.807, 2.05) is 0 Å². The third-order valence-electron chi connectivity index (χ3n) is 3.64. The Hall–Kier alpha value is -1.89. The summed E-state index contributed by atoms with van der Waals surface area (Å²) in [5, 5.41) is 12.1. The number of hydrogen-bond donors (Lipinski definition) is 2. The summed E-state index contributed by atoms with van der Waals surface area (Å²) in [5.41, 5.74) is 0.319. The molecule has 0 amide bonds. The lowest BCUT2D eigenvalue weighted by atomic mass is 9.97. The second-order valence-corrected chi connectivity index (χ2v) is 4.88. The van der Waals surface area contributed by atoms with Crippen molar-refractivity contribution in [2.24, 2.45) is 5.92 Å². The number of halogens is 2. The Morgan fingerprint density at radius 2 is 2.10 bits per heavy atom. The van der Waals surface area contributed by atoms with Gasteiger partial charge in [0.1, 0.15) is 0 Å². The molecule has 1 aromatic rings. The molecule has 5 nitrogen and oxygen atoms in total. The van der Waals surface area contributed by atoms with Crippen molar-refractivity contribution in [2.75, 3.05) is 20.8 Å². The molecule has 0 radical (unpaired) electrons. The molecule has 21 heavy (non-hydrogen) atoms. The van der Waals surface area contributed by atoms with E-state index in [-0.39, 0.29) is 17.4 Å². The average molecular weight is 301 g/mol. The molecule has 1 aromatic carbocycles. The van der Waals surface area contributed by atoms with Gasteiger partial charge in [-0.15, -0.1) is 0 Å². The van der Waals surface area contributed by atoms with Crippen LogP contribution in [-0.4, -0.2) is 31.8 Å². The number of ether oxygens (including phenoxy) is 2. The molecule has 2 atom stereocenters. The Bertz CT molecular complexity index is 536. The van der Waals surface area contributed by atoms with Crippen LogP contribution in [-0.2, 0) is 4.79 Å². The van der Waals surface area contributed by atoms with E-state index in [4.69, 9.17) is 14.6 Å². The molecule has 0 bridgehead atoms. The lowest BCUT2D eigenvalue weighted by Gasteiger charge is -2.19. The second kappa shape index (κ2) is 6.26. The predicted octanol–water partition coefficient (Wildman–Crippen LogP) is 2.38. The van der Waals surface area contributed by atoms with E-state index in [0.29, 0.717) is 24.3 Å². The molecule has 7 heteroatoms. The van der Waals surface area contributed by atoms with Crippen molar-refractivity contribution >= 4 is 5.97 Å². The Balaban J connectivity index is 2.41. The summed E-state index contributed by atoms with van der Waals surface area (Å²) in [5.74, 6) is -0.877. The first kappa shape index (κ1) is 15.5. The van der Waals surface area contributed by atoms with Gasteiger partial charge in [-0.05, 0) is 18.6 Å². The summed E-state index contributed by atoms with van der Waals surface area (Å²) in [6.07, 6.45) is -2.32. The van der Waals surface area contributed by atoms with Crippen LogP contribution in [0.2, 0.25) is 0 Å². The standard InChI is InChI=1S/C14H17F2NO4/c1-20-11-5-7(13(15)16)3-9(12(11)21-2)10-4-8(6-17-10)14(18)19/h3,5,8,10,13,17H,4,6H2,1-2H3,(H,18,19). The highest BCUT2D eigenvalue weighted by Gasteiger charge is 2.33. The van der Waals surface area contributed by atoms with E-state index in [1.54, 1.807) is 0 Å². The molecule has 1 aliphatic heterocycles. The van der Waals surface area contributed by atoms with Gasteiger partial charge in [-0.3, -0.25) is 4.79 Å². The lowest BCUT2D eigenvalue weighted by molar-refractivity contribution is -0.141. The highest BCUT2D eigenvalue weighted by molar-refractivity contribution is 5.71. The highest BCUT2D eigenvalue weighted by atomic mass is 19.3. The normalized spacial score (nSPS) is 21.6. The Labute approximate surface area is 120 Å². The van der Waals surface area contributed by atoms with E-state index >= 15 is 0 Å². The number of alkyl halides is 2. The van der Waals surface area contributed by atoms with Gasteiger partial charge < -0.3 is 19.9 Å². The zero-order chi connectivity index (χ0) is 15.6. The van der Waals surface area contributed by atoms with Crippen LogP contribution in [0.25, 0.3) is 0 Å². The van der Waals surface area contributed by atoms with Crippen molar-refractivity contribution in [3.63, 3.8) is 0 Å². The van der Waals surface area contributed by atoms with Crippen LogP contribution in [0.4, 0.5) is 8.78 Å². The number of rotatable bonds is 5. The van der Waals surface area contributed by atoms with Crippen LogP contribution in [0.15, 0.2) is 12.1 Å². The number of carboxylic acids is 1. The highest BCUT2D eigenvalue weighted by Crippen LogP contribution is 2.41. The van der Waals surface area contributed by atoms with Crippen molar-refractivity contribution in [1.82, 2.24) is 5.32 Å². The SMILES string of the molecule is COc1cc(C(F)F)cc(C2CC(C(=O)O)CN2)c1OC. The molecule has 2 unspecified atom stereocenters. The molecular weight excluding hydrogens is 284 g/mol. The van der Waals surface area contributed by atoms with Crippen LogP contribution in [0.1, 0.15) is 30.0 Å². The third-order valence-corrected chi connectivity index (χ3v) is 3.64. The Kier molecular flexibility index (Phi) is 4.62. The van der Waals surface area contributed by atoms with Gasteiger partial charge in [0.15, 0.2) is 11.5 Å². The fourth-order valence-corrected chi connectivity index (χ4v) is 2.56. The van der Waals surface area contributed by atoms with Gasteiger partial charge in [-0.1, -0.05) is 0 Å².